The predicted octanol–water partition coefficient (Wildman–Crippen LogP) is 2.13. The Hall–Kier alpha value is -1.89. The maximum atomic E-state index is 12.5. The zero-order valence-electron chi connectivity index (χ0n) is 13.7. The summed E-state index contributed by atoms with van der Waals surface area (Å²) >= 11 is 1.76. The molecule has 2 aromatic rings. The molecule has 24 heavy (non-hydrogen) atoms. The summed E-state index contributed by atoms with van der Waals surface area (Å²) in [5.41, 5.74) is 0.570. The van der Waals surface area contributed by atoms with Crippen LogP contribution in [0.2, 0.25) is 0 Å². The third-order valence-corrected chi connectivity index (χ3v) is 5.15. The molecule has 0 bridgehead atoms. The lowest BCUT2D eigenvalue weighted by Gasteiger charge is -2.35. The van der Waals surface area contributed by atoms with Gasteiger partial charge in [0.15, 0.2) is 6.10 Å². The van der Waals surface area contributed by atoms with Gasteiger partial charge in [-0.05, 0) is 29.1 Å². The molecular weight excluding hydrogens is 324 g/mol. The van der Waals surface area contributed by atoms with Crippen LogP contribution in [0.4, 0.5) is 0 Å². The van der Waals surface area contributed by atoms with Crippen LogP contribution in [0.1, 0.15) is 16.5 Å². The molecule has 0 spiro atoms. The molecule has 2 heterocycles. The number of nitrogens with zero attached hydrogens (tertiary/aromatic N) is 2. The normalized spacial score (nSPS) is 16.8. The lowest BCUT2D eigenvalue weighted by Crippen LogP contribution is -2.49. The van der Waals surface area contributed by atoms with Gasteiger partial charge in [0, 0.05) is 37.6 Å². The third-order valence-electron chi connectivity index (χ3n) is 4.29. The Morgan fingerprint density at radius 1 is 1.25 bits per heavy atom. The van der Waals surface area contributed by atoms with E-state index in [4.69, 9.17) is 4.74 Å². The summed E-state index contributed by atoms with van der Waals surface area (Å²) in [5.74, 6) is 0.402. The topological polar surface area (TPSA) is 53.0 Å². The first kappa shape index (κ1) is 17.0. The Morgan fingerprint density at radius 3 is 2.71 bits per heavy atom. The largest absolute Gasteiger partial charge is 0.497 e. The lowest BCUT2D eigenvalue weighted by atomic mass is 10.1. The van der Waals surface area contributed by atoms with Gasteiger partial charge in [-0.25, -0.2) is 0 Å². The molecule has 5 nitrogen and oxygen atoms in total. The van der Waals surface area contributed by atoms with Crippen LogP contribution in [0.5, 0.6) is 5.75 Å². The van der Waals surface area contributed by atoms with Crippen LogP contribution < -0.4 is 4.74 Å². The maximum absolute atomic E-state index is 12.5. The number of hydrogen-bond donors (Lipinski definition) is 1. The SMILES string of the molecule is COc1cccc([C@@H](O)C(=O)N2CCN(Cc3cccs3)CC2)c1. The van der Waals surface area contributed by atoms with E-state index in [1.165, 1.54) is 4.88 Å². The number of ether oxygens (including phenoxy) is 1. The number of thiophene rings is 1. The number of amides is 1. The van der Waals surface area contributed by atoms with Crippen molar-refractivity contribution in [3.05, 3.63) is 52.2 Å². The Bertz CT molecular complexity index is 667. The van der Waals surface area contributed by atoms with Crippen LogP contribution in [0.25, 0.3) is 0 Å². The standard InChI is InChI=1S/C18H22N2O3S/c1-23-15-5-2-4-14(12-15)17(21)18(22)20-9-7-19(8-10-20)13-16-6-3-11-24-16/h2-6,11-12,17,21H,7-10,13H2,1H3/t17-/m1/s1. The number of piperazine rings is 1. The number of carbonyl (C=O) groups excluding carboxylic acids is 1. The monoisotopic (exact) mass is 346 g/mol. The Labute approximate surface area is 146 Å². The molecule has 1 atom stereocenters. The quantitative estimate of drug-likeness (QED) is 0.901. The van der Waals surface area contributed by atoms with Crippen molar-refractivity contribution in [1.82, 2.24) is 9.80 Å². The van der Waals surface area contributed by atoms with Crippen LogP contribution in [0.3, 0.4) is 0 Å². The number of aliphatic hydroxyl groups is 1. The van der Waals surface area contributed by atoms with Crippen LogP contribution >= 0.6 is 11.3 Å². The van der Waals surface area contributed by atoms with Gasteiger partial charge in [-0.2, -0.15) is 0 Å². The molecule has 1 saturated heterocycles. The maximum Gasteiger partial charge on any atom is 0.256 e. The van der Waals surface area contributed by atoms with E-state index < -0.39 is 6.10 Å². The summed E-state index contributed by atoms with van der Waals surface area (Å²) in [5, 5.41) is 12.5. The Kier molecular flexibility index (Phi) is 5.50. The van der Waals surface area contributed by atoms with Gasteiger partial charge in [0.2, 0.25) is 0 Å². The van der Waals surface area contributed by atoms with Gasteiger partial charge in [-0.15, -0.1) is 11.3 Å². The molecule has 1 fully saturated rings. The van der Waals surface area contributed by atoms with Gasteiger partial charge in [-0.1, -0.05) is 18.2 Å². The molecule has 0 radical (unpaired) electrons. The minimum Gasteiger partial charge on any atom is -0.497 e. The van der Waals surface area contributed by atoms with E-state index in [-0.39, 0.29) is 5.91 Å². The van der Waals surface area contributed by atoms with Gasteiger partial charge in [0.1, 0.15) is 5.75 Å². The minimum atomic E-state index is -1.14. The molecule has 0 unspecified atom stereocenters. The first-order valence-electron chi connectivity index (χ1n) is 8.03. The fourth-order valence-electron chi connectivity index (χ4n) is 2.88. The smallest absolute Gasteiger partial charge is 0.256 e. The van der Waals surface area contributed by atoms with Crippen molar-refractivity contribution in [2.24, 2.45) is 0 Å². The third kappa shape index (κ3) is 3.95. The highest BCUT2D eigenvalue weighted by Crippen LogP contribution is 2.22. The van der Waals surface area contributed by atoms with Gasteiger partial charge in [-0.3, -0.25) is 9.69 Å². The van der Waals surface area contributed by atoms with Crippen molar-refractivity contribution in [3.8, 4) is 5.75 Å². The van der Waals surface area contributed by atoms with Crippen LogP contribution in [-0.4, -0.2) is 54.1 Å². The van der Waals surface area contributed by atoms with E-state index >= 15 is 0 Å². The van der Waals surface area contributed by atoms with Crippen molar-refractivity contribution in [3.63, 3.8) is 0 Å². The van der Waals surface area contributed by atoms with E-state index in [1.54, 1.807) is 47.6 Å². The van der Waals surface area contributed by atoms with Crippen LogP contribution in [0, 0.1) is 0 Å². The molecule has 1 amide bonds. The summed E-state index contributed by atoms with van der Waals surface area (Å²) in [6, 6.07) is 11.2. The molecular formula is C18H22N2O3S. The minimum absolute atomic E-state index is 0.237. The molecule has 0 saturated carbocycles. The van der Waals surface area contributed by atoms with E-state index in [1.807, 2.05) is 0 Å². The summed E-state index contributed by atoms with van der Waals surface area (Å²) in [7, 11) is 1.57. The van der Waals surface area contributed by atoms with Crippen LogP contribution in [-0.2, 0) is 11.3 Å². The number of rotatable bonds is 5. The fourth-order valence-corrected chi connectivity index (χ4v) is 3.62. The molecule has 3 rings (SSSR count). The van der Waals surface area contributed by atoms with Crippen molar-refractivity contribution < 1.29 is 14.6 Å². The number of methoxy groups -OCH3 is 1. The van der Waals surface area contributed by atoms with Gasteiger partial charge >= 0.3 is 0 Å². The van der Waals surface area contributed by atoms with E-state index in [0.29, 0.717) is 24.4 Å². The summed E-state index contributed by atoms with van der Waals surface area (Å²) in [6.45, 7) is 3.87. The molecule has 1 aromatic carbocycles. The van der Waals surface area contributed by atoms with Crippen molar-refractivity contribution >= 4 is 17.2 Å². The van der Waals surface area contributed by atoms with Crippen molar-refractivity contribution in [2.75, 3.05) is 33.3 Å². The Morgan fingerprint density at radius 2 is 2.04 bits per heavy atom. The summed E-state index contributed by atoms with van der Waals surface area (Å²) in [4.78, 5) is 18.0. The molecule has 0 aliphatic carbocycles. The molecule has 1 aliphatic heterocycles. The molecule has 1 aromatic heterocycles. The second-order valence-electron chi connectivity index (χ2n) is 5.86. The van der Waals surface area contributed by atoms with E-state index in [2.05, 4.69) is 22.4 Å². The highest BCUT2D eigenvalue weighted by molar-refractivity contribution is 7.09. The number of aliphatic hydroxyl groups excluding tert-OH is 1. The van der Waals surface area contributed by atoms with Gasteiger partial charge in [0.25, 0.3) is 5.91 Å². The number of benzene rings is 1. The fraction of sp³-hybridized carbons (Fsp3) is 0.389. The first-order chi connectivity index (χ1) is 11.7. The first-order valence-corrected chi connectivity index (χ1v) is 8.91. The lowest BCUT2D eigenvalue weighted by molar-refractivity contribution is -0.142. The Balaban J connectivity index is 1.56. The molecule has 128 valence electrons. The van der Waals surface area contributed by atoms with Gasteiger partial charge in [0.05, 0.1) is 7.11 Å². The average molecular weight is 346 g/mol. The van der Waals surface area contributed by atoms with E-state index in [9.17, 15) is 9.90 Å². The zero-order valence-corrected chi connectivity index (χ0v) is 14.5. The van der Waals surface area contributed by atoms with Crippen molar-refractivity contribution in [2.45, 2.75) is 12.6 Å². The second kappa shape index (κ2) is 7.79. The highest BCUT2D eigenvalue weighted by atomic mass is 32.1. The summed E-state index contributed by atoms with van der Waals surface area (Å²) < 4.78 is 5.15. The van der Waals surface area contributed by atoms with Crippen LogP contribution in [0.15, 0.2) is 41.8 Å². The predicted molar refractivity (Wildman–Crippen MR) is 94.1 cm³/mol. The zero-order chi connectivity index (χ0) is 16.9. The average Bonchev–Trinajstić information content (AvgIpc) is 3.14. The molecule has 1 N–H and O–H groups in total. The molecule has 1 aliphatic rings. The number of hydrogen-bond acceptors (Lipinski definition) is 5. The van der Waals surface area contributed by atoms with Crippen molar-refractivity contribution in [1.29, 1.82) is 0 Å². The molecule has 6 heteroatoms. The highest BCUT2D eigenvalue weighted by Gasteiger charge is 2.27. The van der Waals surface area contributed by atoms with Gasteiger partial charge < -0.3 is 14.7 Å². The van der Waals surface area contributed by atoms with E-state index in [0.717, 1.165) is 19.6 Å². The number of carbonyl (C=O) groups is 1. The summed E-state index contributed by atoms with van der Waals surface area (Å²) in [6.07, 6.45) is -1.14. The second-order valence-corrected chi connectivity index (χ2v) is 6.89.